The van der Waals surface area contributed by atoms with Crippen molar-refractivity contribution in [3.63, 3.8) is 0 Å². The minimum atomic E-state index is -0.119. The third-order valence-electron chi connectivity index (χ3n) is 4.13. The molecule has 0 saturated heterocycles. The van der Waals surface area contributed by atoms with E-state index >= 15 is 0 Å². The van der Waals surface area contributed by atoms with Crippen molar-refractivity contribution in [1.82, 2.24) is 9.78 Å². The van der Waals surface area contributed by atoms with E-state index in [0.29, 0.717) is 12.1 Å². The summed E-state index contributed by atoms with van der Waals surface area (Å²) in [6.45, 7) is 4.47. The smallest absolute Gasteiger partial charge is 0.259 e. The predicted molar refractivity (Wildman–Crippen MR) is 103 cm³/mol. The van der Waals surface area contributed by atoms with Crippen molar-refractivity contribution in [2.24, 2.45) is 0 Å². The Hall–Kier alpha value is -2.53. The van der Waals surface area contributed by atoms with Gasteiger partial charge in [0.2, 0.25) is 0 Å². The first kappa shape index (κ1) is 17.3. The Balaban J connectivity index is 1.80. The SMILES string of the molecule is CSc1ccc(NC(=O)c2c(C)nn(Cc3ccccc3)c2C)cc1. The van der Waals surface area contributed by atoms with Crippen LogP contribution in [-0.2, 0) is 6.54 Å². The Bertz CT molecular complexity index is 870. The average molecular weight is 351 g/mol. The molecule has 0 saturated carbocycles. The van der Waals surface area contributed by atoms with Crippen molar-refractivity contribution >= 4 is 23.4 Å². The number of aromatic nitrogens is 2. The highest BCUT2D eigenvalue weighted by molar-refractivity contribution is 7.98. The molecule has 1 heterocycles. The van der Waals surface area contributed by atoms with Gasteiger partial charge in [0.05, 0.1) is 17.8 Å². The minimum absolute atomic E-state index is 0.119. The summed E-state index contributed by atoms with van der Waals surface area (Å²) >= 11 is 1.68. The number of hydrogen-bond donors (Lipinski definition) is 1. The van der Waals surface area contributed by atoms with Crippen molar-refractivity contribution < 1.29 is 4.79 Å². The number of thioether (sulfide) groups is 1. The second-order valence-corrected chi connectivity index (χ2v) is 6.75. The van der Waals surface area contributed by atoms with E-state index in [2.05, 4.69) is 22.5 Å². The van der Waals surface area contributed by atoms with Crippen molar-refractivity contribution in [2.45, 2.75) is 25.3 Å². The molecule has 0 aliphatic rings. The fourth-order valence-electron chi connectivity index (χ4n) is 2.80. The molecule has 1 amide bonds. The first-order valence-electron chi connectivity index (χ1n) is 8.12. The summed E-state index contributed by atoms with van der Waals surface area (Å²) in [6, 6.07) is 18.0. The summed E-state index contributed by atoms with van der Waals surface area (Å²) in [4.78, 5) is 13.9. The lowest BCUT2D eigenvalue weighted by molar-refractivity contribution is 0.102. The molecule has 1 aromatic heterocycles. The molecule has 0 atom stereocenters. The fourth-order valence-corrected chi connectivity index (χ4v) is 3.21. The van der Waals surface area contributed by atoms with Crippen LogP contribution >= 0.6 is 11.8 Å². The molecule has 3 rings (SSSR count). The third kappa shape index (κ3) is 3.94. The summed E-state index contributed by atoms with van der Waals surface area (Å²) in [6.07, 6.45) is 2.03. The zero-order valence-electron chi connectivity index (χ0n) is 14.6. The molecule has 4 nitrogen and oxygen atoms in total. The number of benzene rings is 2. The first-order chi connectivity index (χ1) is 12.1. The van der Waals surface area contributed by atoms with Crippen LogP contribution in [0.2, 0.25) is 0 Å². The van der Waals surface area contributed by atoms with E-state index in [-0.39, 0.29) is 5.91 Å². The highest BCUT2D eigenvalue weighted by Gasteiger charge is 2.18. The Morgan fingerprint density at radius 2 is 1.76 bits per heavy atom. The van der Waals surface area contributed by atoms with Gasteiger partial charge in [-0.05, 0) is 49.9 Å². The van der Waals surface area contributed by atoms with Crippen LogP contribution < -0.4 is 5.32 Å². The van der Waals surface area contributed by atoms with Gasteiger partial charge in [0.25, 0.3) is 5.91 Å². The zero-order chi connectivity index (χ0) is 17.8. The normalized spacial score (nSPS) is 10.7. The third-order valence-corrected chi connectivity index (χ3v) is 4.88. The molecule has 25 heavy (non-hydrogen) atoms. The number of carbonyl (C=O) groups excluding carboxylic acids is 1. The lowest BCUT2D eigenvalue weighted by Crippen LogP contribution is -2.14. The van der Waals surface area contributed by atoms with Crippen LogP contribution in [0.3, 0.4) is 0 Å². The second-order valence-electron chi connectivity index (χ2n) is 5.87. The molecule has 0 aliphatic carbocycles. The monoisotopic (exact) mass is 351 g/mol. The van der Waals surface area contributed by atoms with E-state index in [1.54, 1.807) is 11.8 Å². The molecule has 0 fully saturated rings. The summed E-state index contributed by atoms with van der Waals surface area (Å²) < 4.78 is 1.89. The quantitative estimate of drug-likeness (QED) is 0.687. The number of amides is 1. The van der Waals surface area contributed by atoms with Crippen LogP contribution in [0.15, 0.2) is 59.5 Å². The summed E-state index contributed by atoms with van der Waals surface area (Å²) in [7, 11) is 0. The maximum Gasteiger partial charge on any atom is 0.259 e. The van der Waals surface area contributed by atoms with Gasteiger partial charge in [0, 0.05) is 16.3 Å². The molecule has 5 heteroatoms. The van der Waals surface area contributed by atoms with Crippen LogP contribution in [0.25, 0.3) is 0 Å². The van der Waals surface area contributed by atoms with Crippen molar-refractivity contribution in [1.29, 1.82) is 0 Å². The van der Waals surface area contributed by atoms with E-state index in [9.17, 15) is 4.79 Å². The van der Waals surface area contributed by atoms with Gasteiger partial charge >= 0.3 is 0 Å². The fraction of sp³-hybridized carbons (Fsp3) is 0.200. The van der Waals surface area contributed by atoms with Crippen LogP contribution in [0.4, 0.5) is 5.69 Å². The largest absolute Gasteiger partial charge is 0.322 e. The number of nitrogens with one attached hydrogen (secondary N) is 1. The topological polar surface area (TPSA) is 46.9 Å². The molecule has 0 bridgehead atoms. The number of nitrogens with zero attached hydrogens (tertiary/aromatic N) is 2. The lowest BCUT2D eigenvalue weighted by Gasteiger charge is -2.07. The molecular weight excluding hydrogens is 330 g/mol. The maximum absolute atomic E-state index is 12.7. The molecule has 3 aromatic rings. The van der Waals surface area contributed by atoms with Gasteiger partial charge in [-0.15, -0.1) is 11.8 Å². The summed E-state index contributed by atoms with van der Waals surface area (Å²) in [5, 5.41) is 7.51. The number of carbonyl (C=O) groups is 1. The maximum atomic E-state index is 12.7. The summed E-state index contributed by atoms with van der Waals surface area (Å²) in [5.74, 6) is -0.119. The van der Waals surface area contributed by atoms with E-state index in [1.165, 1.54) is 4.90 Å². The molecule has 0 spiro atoms. The Morgan fingerprint density at radius 1 is 1.08 bits per heavy atom. The number of aryl methyl sites for hydroxylation is 1. The van der Waals surface area contributed by atoms with Crippen molar-refractivity contribution in [2.75, 3.05) is 11.6 Å². The van der Waals surface area contributed by atoms with E-state index < -0.39 is 0 Å². The van der Waals surface area contributed by atoms with Gasteiger partial charge in [0.15, 0.2) is 0 Å². The van der Waals surface area contributed by atoms with Gasteiger partial charge < -0.3 is 5.32 Å². The minimum Gasteiger partial charge on any atom is -0.322 e. The van der Waals surface area contributed by atoms with Gasteiger partial charge in [-0.25, -0.2) is 0 Å². The standard InChI is InChI=1S/C20H21N3OS/c1-14-19(20(24)21-17-9-11-18(25-3)12-10-17)15(2)23(22-14)13-16-7-5-4-6-8-16/h4-12H,13H2,1-3H3,(H,21,24). The second kappa shape index (κ2) is 7.57. The molecule has 0 aliphatic heterocycles. The number of rotatable bonds is 5. The van der Waals surface area contributed by atoms with E-state index in [1.807, 2.05) is 67.2 Å². The van der Waals surface area contributed by atoms with Crippen molar-refractivity contribution in [3.05, 3.63) is 77.1 Å². The molecule has 0 radical (unpaired) electrons. The van der Waals surface area contributed by atoms with Crippen LogP contribution in [0.5, 0.6) is 0 Å². The highest BCUT2D eigenvalue weighted by Crippen LogP contribution is 2.20. The highest BCUT2D eigenvalue weighted by atomic mass is 32.2. The number of anilines is 1. The van der Waals surface area contributed by atoms with Crippen LogP contribution in [-0.4, -0.2) is 21.9 Å². The Labute approximate surface area is 152 Å². The molecule has 1 N–H and O–H groups in total. The van der Waals surface area contributed by atoms with Gasteiger partial charge in [-0.2, -0.15) is 5.10 Å². The average Bonchev–Trinajstić information content (AvgIpc) is 2.90. The Morgan fingerprint density at radius 3 is 2.40 bits per heavy atom. The van der Waals surface area contributed by atoms with Crippen LogP contribution in [0.1, 0.15) is 27.3 Å². The van der Waals surface area contributed by atoms with Gasteiger partial charge in [0.1, 0.15) is 0 Å². The predicted octanol–water partition coefficient (Wildman–Crippen LogP) is 4.52. The Kier molecular flexibility index (Phi) is 5.24. The molecule has 128 valence electrons. The first-order valence-corrected chi connectivity index (χ1v) is 9.34. The van der Waals surface area contributed by atoms with E-state index in [0.717, 1.165) is 22.6 Å². The van der Waals surface area contributed by atoms with Gasteiger partial charge in [-0.3, -0.25) is 9.48 Å². The van der Waals surface area contributed by atoms with Gasteiger partial charge in [-0.1, -0.05) is 30.3 Å². The number of hydrogen-bond acceptors (Lipinski definition) is 3. The molecule has 2 aromatic carbocycles. The summed E-state index contributed by atoms with van der Waals surface area (Å²) in [5.41, 5.74) is 4.21. The van der Waals surface area contributed by atoms with Crippen molar-refractivity contribution in [3.8, 4) is 0 Å². The van der Waals surface area contributed by atoms with Crippen LogP contribution in [0, 0.1) is 13.8 Å². The molecular formula is C20H21N3OS. The molecule has 0 unspecified atom stereocenters. The zero-order valence-corrected chi connectivity index (χ0v) is 15.4. The van der Waals surface area contributed by atoms with E-state index in [4.69, 9.17) is 0 Å². The lowest BCUT2D eigenvalue weighted by atomic mass is 10.1.